The van der Waals surface area contributed by atoms with Crippen LogP contribution in [0.5, 0.6) is 5.75 Å². The van der Waals surface area contributed by atoms with Gasteiger partial charge in [-0.3, -0.25) is 10.1 Å². The van der Waals surface area contributed by atoms with Gasteiger partial charge in [0, 0.05) is 26.3 Å². The molecule has 1 atom stereocenters. The number of benzene rings is 1. The van der Waals surface area contributed by atoms with Crippen LogP contribution >= 0.6 is 0 Å². The zero-order chi connectivity index (χ0) is 15.4. The van der Waals surface area contributed by atoms with Gasteiger partial charge in [-0.25, -0.2) is 4.39 Å². The zero-order valence-electron chi connectivity index (χ0n) is 12.2. The van der Waals surface area contributed by atoms with Crippen LogP contribution in [0.2, 0.25) is 0 Å². The number of anilines is 1. The number of halogens is 1. The summed E-state index contributed by atoms with van der Waals surface area (Å²) in [6.45, 7) is 1.97. The minimum Gasteiger partial charge on any atom is -0.494 e. The van der Waals surface area contributed by atoms with E-state index in [9.17, 15) is 14.5 Å². The zero-order valence-corrected chi connectivity index (χ0v) is 12.2. The fraction of sp³-hybridized carbons (Fsp3) is 0.571. The van der Waals surface area contributed by atoms with Crippen molar-refractivity contribution in [2.24, 2.45) is 5.92 Å². The molecule has 0 radical (unpaired) electrons. The van der Waals surface area contributed by atoms with E-state index in [1.165, 1.54) is 13.2 Å². The van der Waals surface area contributed by atoms with Gasteiger partial charge in [0.1, 0.15) is 5.69 Å². The Bertz CT molecular complexity index is 522. The van der Waals surface area contributed by atoms with E-state index in [2.05, 4.69) is 0 Å². The van der Waals surface area contributed by atoms with Crippen LogP contribution in [0.1, 0.15) is 12.8 Å². The van der Waals surface area contributed by atoms with Crippen molar-refractivity contribution in [1.82, 2.24) is 0 Å². The molecule has 0 N–H and O–H groups in total. The second-order valence-corrected chi connectivity index (χ2v) is 5.14. The number of piperidine rings is 1. The van der Waals surface area contributed by atoms with Crippen molar-refractivity contribution >= 4 is 11.4 Å². The SMILES string of the molecule is COCC1CCCN(c2cc(OC)c(F)cc2[N+](=O)[O-])C1. The highest BCUT2D eigenvalue weighted by atomic mass is 19.1. The van der Waals surface area contributed by atoms with E-state index >= 15 is 0 Å². The standard InChI is InChI=1S/C14H19FN2O4/c1-20-9-10-4-3-5-16(8-10)12-7-14(21-2)11(15)6-13(12)17(18)19/h6-7,10H,3-5,8-9H2,1-2H3. The summed E-state index contributed by atoms with van der Waals surface area (Å²) in [6, 6.07) is 2.33. The lowest BCUT2D eigenvalue weighted by atomic mass is 9.98. The van der Waals surface area contributed by atoms with Crippen molar-refractivity contribution in [3.05, 3.63) is 28.1 Å². The number of nitro benzene ring substituents is 1. The molecule has 116 valence electrons. The monoisotopic (exact) mass is 298 g/mol. The van der Waals surface area contributed by atoms with Crippen LogP contribution in [0.25, 0.3) is 0 Å². The molecule has 2 rings (SSSR count). The third kappa shape index (κ3) is 3.41. The molecule has 1 aliphatic heterocycles. The minimum absolute atomic E-state index is 0.0180. The molecule has 1 aliphatic rings. The molecule has 1 aromatic rings. The molecule has 6 nitrogen and oxygen atoms in total. The van der Waals surface area contributed by atoms with Crippen molar-refractivity contribution < 1.29 is 18.8 Å². The average Bonchev–Trinajstić information content (AvgIpc) is 2.47. The van der Waals surface area contributed by atoms with Gasteiger partial charge < -0.3 is 14.4 Å². The van der Waals surface area contributed by atoms with E-state index in [1.807, 2.05) is 4.90 Å². The van der Waals surface area contributed by atoms with Gasteiger partial charge in [-0.15, -0.1) is 0 Å². The van der Waals surface area contributed by atoms with E-state index in [1.54, 1.807) is 7.11 Å². The maximum atomic E-state index is 13.7. The lowest BCUT2D eigenvalue weighted by Crippen LogP contribution is -2.37. The van der Waals surface area contributed by atoms with Gasteiger partial charge >= 0.3 is 0 Å². The maximum Gasteiger partial charge on any atom is 0.295 e. The minimum atomic E-state index is -0.724. The van der Waals surface area contributed by atoms with E-state index in [4.69, 9.17) is 9.47 Å². The number of nitrogens with zero attached hydrogens (tertiary/aromatic N) is 2. The second kappa shape index (κ2) is 6.71. The lowest BCUT2D eigenvalue weighted by Gasteiger charge is -2.33. The molecule has 1 fully saturated rings. The first kappa shape index (κ1) is 15.5. The third-order valence-electron chi connectivity index (χ3n) is 3.71. The smallest absolute Gasteiger partial charge is 0.295 e. The first-order chi connectivity index (χ1) is 10.1. The molecule has 0 amide bonds. The molecule has 1 unspecified atom stereocenters. The molecule has 1 heterocycles. The molecule has 0 aliphatic carbocycles. The molecule has 0 saturated carbocycles. The van der Waals surface area contributed by atoms with E-state index in [0.29, 0.717) is 31.3 Å². The molecule has 0 spiro atoms. The molecule has 0 aromatic heterocycles. The number of nitro groups is 1. The highest BCUT2D eigenvalue weighted by Gasteiger charge is 2.27. The van der Waals surface area contributed by atoms with Crippen LogP contribution in [-0.2, 0) is 4.74 Å². The van der Waals surface area contributed by atoms with Gasteiger partial charge in [0.05, 0.1) is 24.7 Å². The van der Waals surface area contributed by atoms with Gasteiger partial charge in [-0.1, -0.05) is 0 Å². The first-order valence-electron chi connectivity index (χ1n) is 6.82. The number of hydrogen-bond donors (Lipinski definition) is 0. The highest BCUT2D eigenvalue weighted by Crippen LogP contribution is 2.36. The molecule has 21 heavy (non-hydrogen) atoms. The summed E-state index contributed by atoms with van der Waals surface area (Å²) in [5.74, 6) is -0.387. The number of hydrogen-bond acceptors (Lipinski definition) is 5. The largest absolute Gasteiger partial charge is 0.494 e. The molecule has 7 heteroatoms. The Morgan fingerprint density at radius 3 is 2.86 bits per heavy atom. The van der Waals surface area contributed by atoms with E-state index < -0.39 is 10.7 Å². The summed E-state index contributed by atoms with van der Waals surface area (Å²) < 4.78 is 23.8. The van der Waals surface area contributed by atoms with Crippen LogP contribution in [0, 0.1) is 21.8 Å². The van der Waals surface area contributed by atoms with Crippen molar-refractivity contribution in [3.63, 3.8) is 0 Å². The summed E-state index contributed by atoms with van der Waals surface area (Å²) in [5, 5.41) is 11.2. The van der Waals surface area contributed by atoms with Crippen molar-refractivity contribution in [1.29, 1.82) is 0 Å². The Morgan fingerprint density at radius 1 is 1.48 bits per heavy atom. The topological polar surface area (TPSA) is 64.8 Å². The Balaban J connectivity index is 2.34. The van der Waals surface area contributed by atoms with Gasteiger partial charge in [0.25, 0.3) is 5.69 Å². The molecular weight excluding hydrogens is 279 g/mol. The van der Waals surface area contributed by atoms with Gasteiger partial charge in [-0.2, -0.15) is 0 Å². The quantitative estimate of drug-likeness (QED) is 0.617. The molecule has 1 saturated heterocycles. The van der Waals surface area contributed by atoms with Crippen LogP contribution < -0.4 is 9.64 Å². The first-order valence-corrected chi connectivity index (χ1v) is 6.82. The highest BCUT2D eigenvalue weighted by molar-refractivity contribution is 5.66. The van der Waals surface area contributed by atoms with E-state index in [-0.39, 0.29) is 11.4 Å². The van der Waals surface area contributed by atoms with Gasteiger partial charge in [-0.05, 0) is 18.8 Å². The predicted octanol–water partition coefficient (Wildman–Crippen LogP) is 2.61. The fourth-order valence-corrected chi connectivity index (χ4v) is 2.74. The maximum absolute atomic E-state index is 13.7. The molecule has 1 aromatic carbocycles. The summed E-state index contributed by atoms with van der Waals surface area (Å²) in [6.07, 6.45) is 1.95. The normalized spacial score (nSPS) is 18.6. The van der Waals surface area contributed by atoms with Crippen LogP contribution in [0.15, 0.2) is 12.1 Å². The predicted molar refractivity (Wildman–Crippen MR) is 76.4 cm³/mol. The second-order valence-electron chi connectivity index (χ2n) is 5.14. The molecule has 0 bridgehead atoms. The van der Waals surface area contributed by atoms with Gasteiger partial charge in [0.15, 0.2) is 11.6 Å². The Kier molecular flexibility index (Phi) is 4.95. The van der Waals surface area contributed by atoms with Crippen LogP contribution in [0.4, 0.5) is 15.8 Å². The van der Waals surface area contributed by atoms with Crippen molar-refractivity contribution in [2.45, 2.75) is 12.8 Å². The lowest BCUT2D eigenvalue weighted by molar-refractivity contribution is -0.384. The van der Waals surface area contributed by atoms with Gasteiger partial charge in [0.2, 0.25) is 0 Å². The van der Waals surface area contributed by atoms with Crippen LogP contribution in [-0.4, -0.2) is 38.8 Å². The average molecular weight is 298 g/mol. The summed E-state index contributed by atoms with van der Waals surface area (Å²) in [4.78, 5) is 12.5. The summed E-state index contributed by atoms with van der Waals surface area (Å²) in [5.41, 5.74) is 0.172. The third-order valence-corrected chi connectivity index (χ3v) is 3.71. The van der Waals surface area contributed by atoms with Crippen LogP contribution in [0.3, 0.4) is 0 Å². The summed E-state index contributed by atoms with van der Waals surface area (Å²) >= 11 is 0. The van der Waals surface area contributed by atoms with Crippen molar-refractivity contribution in [3.8, 4) is 5.75 Å². The Morgan fingerprint density at radius 2 is 2.24 bits per heavy atom. The molecular formula is C14H19FN2O4. The number of ether oxygens (including phenoxy) is 2. The Hall–Kier alpha value is -1.89. The van der Waals surface area contributed by atoms with E-state index in [0.717, 1.165) is 18.9 Å². The van der Waals surface area contributed by atoms with Crippen molar-refractivity contribution in [2.75, 3.05) is 38.8 Å². The summed E-state index contributed by atoms with van der Waals surface area (Å²) in [7, 11) is 2.99. The number of rotatable bonds is 5. The fourth-order valence-electron chi connectivity index (χ4n) is 2.74. The Labute approximate surface area is 122 Å². The number of methoxy groups -OCH3 is 2.